The number of benzene rings is 4. The maximum absolute atomic E-state index is 13.5. The van der Waals surface area contributed by atoms with E-state index >= 15 is 0 Å². The molecule has 0 amide bonds. The number of aromatic nitrogens is 2. The van der Waals surface area contributed by atoms with Gasteiger partial charge < -0.3 is 14.6 Å². The van der Waals surface area contributed by atoms with E-state index in [9.17, 15) is 22.8 Å². The van der Waals surface area contributed by atoms with Crippen LogP contribution in [0, 0.1) is 0 Å². The van der Waals surface area contributed by atoms with Crippen LogP contribution in [0.4, 0.5) is 13.2 Å². The van der Waals surface area contributed by atoms with Crippen molar-refractivity contribution in [1.29, 1.82) is 0 Å². The number of alkyl halides is 3. The van der Waals surface area contributed by atoms with Crippen LogP contribution in [0.25, 0.3) is 22.3 Å². The SMILES string of the molecule is CCOc1cc(C=Nn2c(-c3cccc(C(F)(F)F)c3)nc3ccccc3c2=O)ccc1OCc1ccc(C(=O)O)cc1. The fraction of sp³-hybridized carbons (Fsp3) is 0.125. The molecule has 0 unspecified atom stereocenters. The van der Waals surface area contributed by atoms with E-state index in [4.69, 9.17) is 14.6 Å². The van der Waals surface area contributed by atoms with Crippen molar-refractivity contribution in [2.45, 2.75) is 19.7 Å². The minimum atomic E-state index is -4.58. The van der Waals surface area contributed by atoms with Gasteiger partial charge in [-0.1, -0.05) is 36.4 Å². The molecule has 0 radical (unpaired) electrons. The third kappa shape index (κ3) is 6.56. The molecule has 1 heterocycles. The lowest BCUT2D eigenvalue weighted by Gasteiger charge is -2.13. The summed E-state index contributed by atoms with van der Waals surface area (Å²) in [4.78, 5) is 29.0. The molecule has 0 atom stereocenters. The number of halogens is 3. The minimum absolute atomic E-state index is 0.0510. The Morgan fingerprint density at radius 2 is 1.72 bits per heavy atom. The number of aromatic carboxylic acids is 1. The molecule has 0 aliphatic carbocycles. The van der Waals surface area contributed by atoms with Crippen molar-refractivity contribution in [1.82, 2.24) is 9.66 Å². The van der Waals surface area contributed by atoms with Crippen molar-refractivity contribution in [2.75, 3.05) is 6.61 Å². The van der Waals surface area contributed by atoms with Gasteiger partial charge >= 0.3 is 12.1 Å². The molecule has 0 saturated heterocycles. The summed E-state index contributed by atoms with van der Waals surface area (Å²) in [6, 6.07) is 22.4. The van der Waals surface area contributed by atoms with Crippen molar-refractivity contribution in [3.05, 3.63) is 124 Å². The predicted octanol–water partition coefficient (Wildman–Crippen LogP) is 6.64. The van der Waals surface area contributed by atoms with E-state index in [1.165, 1.54) is 30.5 Å². The largest absolute Gasteiger partial charge is 0.490 e. The summed E-state index contributed by atoms with van der Waals surface area (Å²) in [5.74, 6) is -0.247. The van der Waals surface area contributed by atoms with Crippen molar-refractivity contribution in [3.8, 4) is 22.9 Å². The lowest BCUT2D eigenvalue weighted by atomic mass is 10.1. The molecule has 0 aliphatic rings. The molecule has 5 aromatic rings. The molecule has 0 aliphatic heterocycles. The molecule has 0 fully saturated rings. The van der Waals surface area contributed by atoms with Crippen LogP contribution in [-0.4, -0.2) is 33.6 Å². The van der Waals surface area contributed by atoms with E-state index in [1.807, 2.05) is 0 Å². The Morgan fingerprint density at radius 3 is 2.44 bits per heavy atom. The fourth-order valence-electron chi connectivity index (χ4n) is 4.27. The summed E-state index contributed by atoms with van der Waals surface area (Å²) >= 11 is 0. The second-order valence-electron chi connectivity index (χ2n) is 9.32. The Labute approximate surface area is 243 Å². The normalized spacial score (nSPS) is 11.6. The average molecular weight is 588 g/mol. The molecule has 4 aromatic carbocycles. The monoisotopic (exact) mass is 587 g/mol. The van der Waals surface area contributed by atoms with Gasteiger partial charge in [-0.05, 0) is 72.6 Å². The van der Waals surface area contributed by atoms with E-state index in [0.717, 1.165) is 22.4 Å². The maximum Gasteiger partial charge on any atom is 0.416 e. The summed E-state index contributed by atoms with van der Waals surface area (Å²) in [5.41, 5.74) is 0.416. The zero-order valence-electron chi connectivity index (χ0n) is 22.7. The van der Waals surface area contributed by atoms with E-state index < -0.39 is 23.3 Å². The number of fused-ring (bicyclic) bond motifs is 1. The van der Waals surface area contributed by atoms with Crippen LogP contribution in [0.2, 0.25) is 0 Å². The Hall–Kier alpha value is -5.45. The third-order valence-corrected chi connectivity index (χ3v) is 6.39. The first-order valence-electron chi connectivity index (χ1n) is 13.1. The van der Waals surface area contributed by atoms with E-state index in [2.05, 4.69) is 10.1 Å². The Bertz CT molecular complexity index is 1880. The first-order chi connectivity index (χ1) is 20.6. The number of carboxylic acids is 1. The standard InChI is InChI=1S/C32H24F3N3O5/c1-2-42-28-16-21(12-15-27(28)43-19-20-10-13-22(14-11-20)31(40)41)18-36-38-29(23-6-5-7-24(17-23)32(33,34)35)37-26-9-4-3-8-25(26)30(38)39/h3-18H,2,19H2,1H3,(H,40,41). The average Bonchev–Trinajstić information content (AvgIpc) is 3.00. The molecule has 5 rings (SSSR count). The minimum Gasteiger partial charge on any atom is -0.490 e. The van der Waals surface area contributed by atoms with Crippen LogP contribution in [0.1, 0.15) is 34.0 Å². The van der Waals surface area contributed by atoms with Gasteiger partial charge in [-0.2, -0.15) is 22.9 Å². The molecule has 0 saturated carbocycles. The number of hydrogen-bond donors (Lipinski definition) is 1. The fourth-order valence-corrected chi connectivity index (χ4v) is 4.27. The maximum atomic E-state index is 13.5. The summed E-state index contributed by atoms with van der Waals surface area (Å²) in [6.07, 6.45) is -3.20. The zero-order valence-corrected chi connectivity index (χ0v) is 22.7. The quantitative estimate of drug-likeness (QED) is 0.194. The van der Waals surface area contributed by atoms with Crippen LogP contribution in [-0.2, 0) is 12.8 Å². The highest BCUT2D eigenvalue weighted by molar-refractivity contribution is 5.87. The van der Waals surface area contributed by atoms with Gasteiger partial charge in [0.25, 0.3) is 5.56 Å². The second kappa shape index (κ2) is 12.2. The first-order valence-corrected chi connectivity index (χ1v) is 13.1. The summed E-state index contributed by atoms with van der Waals surface area (Å²) < 4.78 is 53.0. The first kappa shape index (κ1) is 29.1. The van der Waals surface area contributed by atoms with E-state index in [0.29, 0.717) is 29.2 Å². The Balaban J connectivity index is 1.49. The smallest absolute Gasteiger partial charge is 0.416 e. The van der Waals surface area contributed by atoms with Gasteiger partial charge in [0, 0.05) is 5.56 Å². The Morgan fingerprint density at radius 1 is 0.953 bits per heavy atom. The molecular formula is C32H24F3N3O5. The van der Waals surface area contributed by atoms with E-state index in [-0.39, 0.29) is 28.9 Å². The molecule has 8 nitrogen and oxygen atoms in total. The van der Waals surface area contributed by atoms with Crippen LogP contribution in [0.3, 0.4) is 0 Å². The highest BCUT2D eigenvalue weighted by Crippen LogP contribution is 2.32. The molecule has 1 aromatic heterocycles. The third-order valence-electron chi connectivity index (χ3n) is 6.39. The Kier molecular flexibility index (Phi) is 8.24. The van der Waals surface area contributed by atoms with Crippen LogP contribution >= 0.6 is 0 Å². The summed E-state index contributed by atoms with van der Waals surface area (Å²) in [6.45, 7) is 2.29. The van der Waals surface area contributed by atoms with Gasteiger partial charge in [0.1, 0.15) is 6.61 Å². The van der Waals surface area contributed by atoms with Gasteiger partial charge in [0.05, 0.1) is 34.9 Å². The van der Waals surface area contributed by atoms with E-state index in [1.54, 1.807) is 61.5 Å². The van der Waals surface area contributed by atoms with Crippen molar-refractivity contribution in [3.63, 3.8) is 0 Å². The number of carboxylic acid groups (broad SMARTS) is 1. The van der Waals surface area contributed by atoms with Gasteiger partial charge in [-0.3, -0.25) is 4.79 Å². The van der Waals surface area contributed by atoms with Crippen LogP contribution in [0.5, 0.6) is 11.5 Å². The predicted molar refractivity (Wildman–Crippen MR) is 155 cm³/mol. The molecule has 11 heteroatoms. The lowest BCUT2D eigenvalue weighted by molar-refractivity contribution is -0.137. The summed E-state index contributed by atoms with van der Waals surface area (Å²) in [7, 11) is 0. The number of ether oxygens (including phenoxy) is 2. The zero-order chi connectivity index (χ0) is 30.6. The number of hydrogen-bond acceptors (Lipinski definition) is 6. The highest BCUT2D eigenvalue weighted by Gasteiger charge is 2.31. The van der Waals surface area contributed by atoms with Gasteiger partial charge in [-0.15, -0.1) is 0 Å². The van der Waals surface area contributed by atoms with Crippen LogP contribution in [0.15, 0.2) is 101 Å². The number of carbonyl (C=O) groups is 1. The van der Waals surface area contributed by atoms with Gasteiger partial charge in [0.2, 0.25) is 0 Å². The molecule has 0 spiro atoms. The molecule has 0 bridgehead atoms. The second-order valence-corrected chi connectivity index (χ2v) is 9.32. The molecule has 218 valence electrons. The molecule has 43 heavy (non-hydrogen) atoms. The number of rotatable bonds is 9. The lowest BCUT2D eigenvalue weighted by Crippen LogP contribution is -2.20. The van der Waals surface area contributed by atoms with Crippen LogP contribution < -0.4 is 15.0 Å². The van der Waals surface area contributed by atoms with Gasteiger partial charge in [-0.25, -0.2) is 9.78 Å². The number of para-hydroxylation sites is 1. The highest BCUT2D eigenvalue weighted by atomic mass is 19.4. The van der Waals surface area contributed by atoms with Gasteiger partial charge in [0.15, 0.2) is 17.3 Å². The topological polar surface area (TPSA) is 103 Å². The number of nitrogens with zero attached hydrogens (tertiary/aromatic N) is 3. The van der Waals surface area contributed by atoms with Crippen molar-refractivity contribution < 1.29 is 32.5 Å². The molecular weight excluding hydrogens is 563 g/mol. The summed E-state index contributed by atoms with van der Waals surface area (Å²) in [5, 5.41) is 13.7. The van der Waals surface area contributed by atoms with Crippen molar-refractivity contribution in [2.24, 2.45) is 5.10 Å². The van der Waals surface area contributed by atoms with Crippen molar-refractivity contribution >= 4 is 23.1 Å². The molecule has 1 N–H and O–H groups in total.